The van der Waals surface area contributed by atoms with Gasteiger partial charge in [-0.25, -0.2) is 8.42 Å². The van der Waals surface area contributed by atoms with Crippen LogP contribution in [0.1, 0.15) is 24.0 Å². The molecule has 0 unspecified atom stereocenters. The zero-order chi connectivity index (χ0) is 16.5. The molecular formula is C13H13BrF3NO3S. The smallest absolute Gasteiger partial charge is 0.396 e. The fraction of sp³-hybridized carbons (Fsp3) is 0.462. The molecule has 9 heteroatoms. The molecule has 0 radical (unpaired) electrons. The average molecular weight is 400 g/mol. The number of aliphatic hydroxyl groups is 1. The molecule has 0 aromatic heterocycles. The van der Waals surface area contributed by atoms with E-state index in [0.29, 0.717) is 35.0 Å². The van der Waals surface area contributed by atoms with Gasteiger partial charge in [-0.1, -0.05) is 15.9 Å². The van der Waals surface area contributed by atoms with Crippen molar-refractivity contribution in [1.29, 1.82) is 0 Å². The Labute approximate surface area is 134 Å². The highest BCUT2D eigenvalue weighted by Gasteiger charge is 2.49. The first-order valence-corrected chi connectivity index (χ1v) is 8.75. The van der Waals surface area contributed by atoms with Crippen molar-refractivity contribution < 1.29 is 26.7 Å². The monoisotopic (exact) mass is 399 g/mol. The van der Waals surface area contributed by atoms with Crippen LogP contribution in [-0.4, -0.2) is 37.9 Å². The number of hydrogen-bond acceptors (Lipinski definition) is 4. The van der Waals surface area contributed by atoms with Crippen LogP contribution in [0.2, 0.25) is 0 Å². The number of benzene rings is 1. The van der Waals surface area contributed by atoms with Crippen molar-refractivity contribution in [2.75, 3.05) is 13.2 Å². The molecule has 0 fully saturated rings. The maximum Gasteiger partial charge on any atom is 0.501 e. The Balaban J connectivity index is 2.61. The minimum atomic E-state index is -5.43. The van der Waals surface area contributed by atoms with Crippen LogP contribution in [0.25, 0.3) is 0 Å². The Kier molecular flexibility index (Phi) is 4.98. The number of fused-ring (bicyclic) bond motifs is 1. The molecule has 0 bridgehead atoms. The quantitative estimate of drug-likeness (QED) is 0.791. The third-order valence-electron chi connectivity index (χ3n) is 3.33. The Morgan fingerprint density at radius 1 is 1.27 bits per heavy atom. The second-order valence-electron chi connectivity index (χ2n) is 4.75. The van der Waals surface area contributed by atoms with Gasteiger partial charge in [-0.3, -0.25) is 4.99 Å². The predicted octanol–water partition coefficient (Wildman–Crippen LogP) is 2.86. The zero-order valence-electron chi connectivity index (χ0n) is 11.3. The van der Waals surface area contributed by atoms with Crippen LogP contribution in [0, 0.1) is 0 Å². The predicted molar refractivity (Wildman–Crippen MR) is 78.8 cm³/mol. The van der Waals surface area contributed by atoms with E-state index in [1.807, 2.05) is 0 Å². The summed E-state index contributed by atoms with van der Waals surface area (Å²) in [5, 5.41) is 8.75. The number of aliphatic imine (C=N–C) groups is 1. The van der Waals surface area contributed by atoms with Crippen LogP contribution in [0.4, 0.5) is 13.2 Å². The lowest BCUT2D eigenvalue weighted by Gasteiger charge is -2.13. The van der Waals surface area contributed by atoms with Gasteiger partial charge in [-0.2, -0.15) is 13.2 Å². The highest BCUT2D eigenvalue weighted by Crippen LogP contribution is 2.39. The largest absolute Gasteiger partial charge is 0.501 e. The van der Waals surface area contributed by atoms with Gasteiger partial charge in [0.05, 0.1) is 4.90 Å². The van der Waals surface area contributed by atoms with Gasteiger partial charge in [-0.15, -0.1) is 0 Å². The molecule has 0 spiro atoms. The number of aliphatic hydroxyl groups excluding tert-OH is 1. The summed E-state index contributed by atoms with van der Waals surface area (Å²) < 4.78 is 62.6. The fourth-order valence-electron chi connectivity index (χ4n) is 2.32. The average Bonchev–Trinajstić information content (AvgIpc) is 2.83. The lowest BCUT2D eigenvalue weighted by molar-refractivity contribution is -0.0436. The first-order chi connectivity index (χ1) is 10.2. The molecule has 0 saturated carbocycles. The Morgan fingerprint density at radius 2 is 1.95 bits per heavy atom. The summed E-state index contributed by atoms with van der Waals surface area (Å²) in [6.45, 7) is 0.152. The summed E-state index contributed by atoms with van der Waals surface area (Å²) in [7, 11) is -5.43. The molecule has 122 valence electrons. The highest BCUT2D eigenvalue weighted by molar-refractivity contribution is 9.10. The molecule has 0 heterocycles. The van der Waals surface area contributed by atoms with E-state index in [-0.39, 0.29) is 18.7 Å². The zero-order valence-corrected chi connectivity index (χ0v) is 13.7. The van der Waals surface area contributed by atoms with E-state index in [4.69, 9.17) is 5.11 Å². The minimum absolute atomic E-state index is 0.0460. The summed E-state index contributed by atoms with van der Waals surface area (Å²) in [6, 6.07) is 2.27. The Hall–Kier alpha value is -0.930. The molecule has 0 saturated heterocycles. The molecule has 4 nitrogen and oxygen atoms in total. The normalized spacial score (nSPS) is 17.0. The summed E-state index contributed by atoms with van der Waals surface area (Å²) in [6.07, 6.45) is 1.17. The van der Waals surface area contributed by atoms with Crippen molar-refractivity contribution in [1.82, 2.24) is 0 Å². The van der Waals surface area contributed by atoms with Crippen LogP contribution in [-0.2, 0) is 16.3 Å². The summed E-state index contributed by atoms with van der Waals surface area (Å²) >= 11 is 3.24. The Morgan fingerprint density at radius 3 is 2.55 bits per heavy atom. The van der Waals surface area contributed by atoms with E-state index in [0.717, 1.165) is 6.07 Å². The number of rotatable bonds is 4. The second kappa shape index (κ2) is 6.29. The van der Waals surface area contributed by atoms with Crippen molar-refractivity contribution in [3.8, 4) is 0 Å². The van der Waals surface area contributed by atoms with Gasteiger partial charge in [0, 0.05) is 28.9 Å². The van der Waals surface area contributed by atoms with Crippen LogP contribution >= 0.6 is 15.9 Å². The van der Waals surface area contributed by atoms with Gasteiger partial charge in [0.25, 0.3) is 9.84 Å². The molecule has 1 N–H and O–H groups in total. The molecule has 22 heavy (non-hydrogen) atoms. The number of halogens is 4. The van der Waals surface area contributed by atoms with Gasteiger partial charge >= 0.3 is 5.51 Å². The van der Waals surface area contributed by atoms with Gasteiger partial charge in [0.2, 0.25) is 0 Å². The molecule has 0 aliphatic heterocycles. The van der Waals surface area contributed by atoms with E-state index < -0.39 is 20.2 Å². The van der Waals surface area contributed by atoms with Crippen LogP contribution < -0.4 is 0 Å². The molecular weight excluding hydrogens is 387 g/mol. The third kappa shape index (κ3) is 3.07. The summed E-state index contributed by atoms with van der Waals surface area (Å²) in [4.78, 5) is 3.40. The topological polar surface area (TPSA) is 66.7 Å². The molecule has 2 rings (SSSR count). The number of alkyl halides is 3. The molecule has 1 aliphatic carbocycles. The van der Waals surface area contributed by atoms with Crippen molar-refractivity contribution >= 4 is 31.5 Å². The molecule has 1 aliphatic rings. The van der Waals surface area contributed by atoms with Crippen LogP contribution in [0.3, 0.4) is 0 Å². The van der Waals surface area contributed by atoms with Crippen molar-refractivity contribution in [2.45, 2.75) is 29.7 Å². The maximum absolute atomic E-state index is 12.8. The highest BCUT2D eigenvalue weighted by atomic mass is 79.9. The van der Waals surface area contributed by atoms with E-state index in [2.05, 4.69) is 20.9 Å². The standard InChI is InChI=1S/C13H13BrF3NO3S/c14-9-3-5-11(22(20,21)13(15,16)17)12-8(9)2-4-10(12)18-6-1-7-19/h3,5,19H,1-2,4,6-7H2/b18-10+. The first kappa shape index (κ1) is 17.4. The lowest BCUT2D eigenvalue weighted by Crippen LogP contribution is -2.25. The molecule has 0 atom stereocenters. The second-order valence-corrected chi connectivity index (χ2v) is 7.52. The van der Waals surface area contributed by atoms with Crippen LogP contribution in [0.5, 0.6) is 0 Å². The maximum atomic E-state index is 12.8. The molecule has 1 aromatic carbocycles. The molecule has 1 aromatic rings. The van der Waals surface area contributed by atoms with Gasteiger partial charge in [-0.05, 0) is 37.0 Å². The summed E-state index contributed by atoms with van der Waals surface area (Å²) in [5.41, 5.74) is -4.45. The first-order valence-electron chi connectivity index (χ1n) is 6.47. The van der Waals surface area contributed by atoms with Crippen molar-refractivity contribution in [2.24, 2.45) is 4.99 Å². The van der Waals surface area contributed by atoms with Gasteiger partial charge < -0.3 is 5.11 Å². The van der Waals surface area contributed by atoms with Crippen molar-refractivity contribution in [3.63, 3.8) is 0 Å². The Bertz CT molecular complexity index is 714. The SMILES string of the molecule is O=S(=O)(c1ccc(Br)c2c1/C(=N/CCCO)CC2)C(F)(F)F. The van der Waals surface area contributed by atoms with Gasteiger partial charge in [0.15, 0.2) is 0 Å². The lowest BCUT2D eigenvalue weighted by atomic mass is 10.1. The third-order valence-corrected chi connectivity index (χ3v) is 5.60. The van der Waals surface area contributed by atoms with E-state index >= 15 is 0 Å². The number of nitrogens with zero attached hydrogens (tertiary/aromatic N) is 1. The van der Waals surface area contributed by atoms with E-state index in [9.17, 15) is 21.6 Å². The van der Waals surface area contributed by atoms with E-state index in [1.165, 1.54) is 6.07 Å². The summed E-state index contributed by atoms with van der Waals surface area (Å²) in [5.74, 6) is 0. The number of sulfone groups is 1. The van der Waals surface area contributed by atoms with E-state index in [1.54, 1.807) is 0 Å². The van der Waals surface area contributed by atoms with Gasteiger partial charge in [0.1, 0.15) is 0 Å². The number of hydrogen-bond donors (Lipinski definition) is 1. The fourth-order valence-corrected chi connectivity index (χ4v) is 3.86. The molecule has 0 amide bonds. The van der Waals surface area contributed by atoms with Crippen molar-refractivity contribution in [3.05, 3.63) is 27.7 Å². The van der Waals surface area contributed by atoms with Crippen LogP contribution in [0.15, 0.2) is 26.5 Å². The minimum Gasteiger partial charge on any atom is -0.396 e.